The number of nitrogens with one attached hydrogen (secondary N) is 1. The number of benzene rings is 1. The maximum absolute atomic E-state index is 12.9. The molecule has 0 aliphatic heterocycles. The van der Waals surface area contributed by atoms with E-state index in [-0.39, 0.29) is 11.5 Å². The number of methoxy groups -OCH3 is 1. The largest absolute Gasteiger partial charge is 0.471 e. The van der Waals surface area contributed by atoms with Crippen molar-refractivity contribution in [3.05, 3.63) is 35.9 Å². The summed E-state index contributed by atoms with van der Waals surface area (Å²) in [6.45, 7) is 0. The van der Waals surface area contributed by atoms with Crippen molar-refractivity contribution in [1.29, 1.82) is 0 Å². The molecular weight excluding hydrogens is 343 g/mol. The summed E-state index contributed by atoms with van der Waals surface area (Å²) in [7, 11) is 1.75. The first-order valence-electron chi connectivity index (χ1n) is 9.29. The Bertz CT molecular complexity index is 659. The predicted octanol–water partition coefficient (Wildman–Crippen LogP) is 4.25. The third-order valence-corrected chi connectivity index (χ3v) is 6.81. The molecule has 6 heteroatoms. The SMILES string of the molecule is COC12CC3CC(C1)C([C@@H](NC(=O)C(F)(F)F)c1ccccc1)[C@@H](C3)C2. The van der Waals surface area contributed by atoms with Gasteiger partial charge in [-0.2, -0.15) is 13.2 Å². The van der Waals surface area contributed by atoms with Crippen molar-refractivity contribution in [3.8, 4) is 0 Å². The number of halogens is 3. The normalized spacial score (nSPS) is 36.8. The maximum Gasteiger partial charge on any atom is 0.471 e. The van der Waals surface area contributed by atoms with E-state index in [4.69, 9.17) is 4.74 Å². The highest BCUT2D eigenvalue weighted by molar-refractivity contribution is 5.82. The van der Waals surface area contributed by atoms with Crippen LogP contribution in [0.1, 0.15) is 43.7 Å². The second kappa shape index (κ2) is 6.25. The molecule has 1 aromatic carbocycles. The maximum atomic E-state index is 12.9. The summed E-state index contributed by atoms with van der Waals surface area (Å²) < 4.78 is 44.7. The molecule has 6 atom stereocenters. The molecule has 1 aromatic rings. The van der Waals surface area contributed by atoms with Crippen LogP contribution in [0, 0.1) is 23.7 Å². The van der Waals surface area contributed by atoms with Crippen molar-refractivity contribution in [1.82, 2.24) is 5.32 Å². The highest BCUT2D eigenvalue weighted by Crippen LogP contribution is 2.61. The average molecular weight is 367 g/mol. The van der Waals surface area contributed by atoms with Crippen LogP contribution in [-0.4, -0.2) is 24.8 Å². The van der Waals surface area contributed by atoms with Gasteiger partial charge >= 0.3 is 12.1 Å². The molecule has 4 bridgehead atoms. The van der Waals surface area contributed by atoms with Crippen LogP contribution in [0.15, 0.2) is 30.3 Å². The number of rotatable bonds is 4. The van der Waals surface area contributed by atoms with E-state index in [9.17, 15) is 18.0 Å². The van der Waals surface area contributed by atoms with E-state index in [0.717, 1.165) is 37.7 Å². The van der Waals surface area contributed by atoms with Crippen molar-refractivity contribution in [2.45, 2.75) is 49.9 Å². The smallest absolute Gasteiger partial charge is 0.378 e. The van der Waals surface area contributed by atoms with E-state index < -0.39 is 18.1 Å². The van der Waals surface area contributed by atoms with Crippen molar-refractivity contribution in [2.75, 3.05) is 7.11 Å². The van der Waals surface area contributed by atoms with Crippen molar-refractivity contribution < 1.29 is 22.7 Å². The number of ether oxygens (including phenoxy) is 1. The molecule has 0 heterocycles. The van der Waals surface area contributed by atoms with Crippen LogP contribution < -0.4 is 5.32 Å². The van der Waals surface area contributed by atoms with E-state index in [0.29, 0.717) is 17.8 Å². The fraction of sp³-hybridized carbons (Fsp3) is 0.650. The van der Waals surface area contributed by atoms with Gasteiger partial charge in [0.25, 0.3) is 0 Å². The topological polar surface area (TPSA) is 38.3 Å². The zero-order valence-corrected chi connectivity index (χ0v) is 14.8. The van der Waals surface area contributed by atoms with Gasteiger partial charge in [0.2, 0.25) is 0 Å². The second-order valence-electron chi connectivity index (χ2n) is 8.29. The Morgan fingerprint density at radius 3 is 2.31 bits per heavy atom. The third kappa shape index (κ3) is 3.02. The first-order valence-corrected chi connectivity index (χ1v) is 9.29. The zero-order chi connectivity index (χ0) is 18.5. The van der Waals surface area contributed by atoms with Gasteiger partial charge in [0.15, 0.2) is 0 Å². The highest BCUT2D eigenvalue weighted by Gasteiger charge is 2.58. The van der Waals surface area contributed by atoms with Gasteiger partial charge in [-0.15, -0.1) is 0 Å². The summed E-state index contributed by atoms with van der Waals surface area (Å²) in [4.78, 5) is 11.7. The Hall–Kier alpha value is -1.56. The van der Waals surface area contributed by atoms with Crippen LogP contribution in [0.2, 0.25) is 0 Å². The van der Waals surface area contributed by atoms with Gasteiger partial charge < -0.3 is 10.1 Å². The Morgan fingerprint density at radius 2 is 1.77 bits per heavy atom. The van der Waals surface area contributed by atoms with Gasteiger partial charge in [0.05, 0.1) is 11.6 Å². The van der Waals surface area contributed by atoms with Gasteiger partial charge in [-0.05, 0) is 61.3 Å². The average Bonchev–Trinajstić information content (AvgIpc) is 2.59. The zero-order valence-electron chi connectivity index (χ0n) is 14.8. The van der Waals surface area contributed by atoms with E-state index in [2.05, 4.69) is 5.32 Å². The van der Waals surface area contributed by atoms with Crippen LogP contribution in [0.3, 0.4) is 0 Å². The van der Waals surface area contributed by atoms with Crippen LogP contribution in [0.4, 0.5) is 13.2 Å². The number of carbonyl (C=O) groups is 1. The summed E-state index contributed by atoms with van der Waals surface area (Å²) in [5.41, 5.74) is 0.650. The quantitative estimate of drug-likeness (QED) is 0.864. The van der Waals surface area contributed by atoms with Crippen LogP contribution in [0.5, 0.6) is 0 Å². The number of carbonyl (C=O) groups excluding carboxylic acids is 1. The molecule has 0 saturated heterocycles. The second-order valence-corrected chi connectivity index (χ2v) is 8.29. The van der Waals surface area contributed by atoms with Crippen molar-refractivity contribution >= 4 is 5.91 Å². The third-order valence-electron chi connectivity index (χ3n) is 6.81. The molecule has 0 radical (unpaired) electrons. The molecule has 3 nitrogen and oxygen atoms in total. The van der Waals surface area contributed by atoms with Gasteiger partial charge in [-0.1, -0.05) is 30.3 Å². The van der Waals surface area contributed by atoms with Gasteiger partial charge in [-0.25, -0.2) is 0 Å². The van der Waals surface area contributed by atoms with Crippen LogP contribution in [-0.2, 0) is 9.53 Å². The minimum Gasteiger partial charge on any atom is -0.378 e. The summed E-state index contributed by atoms with van der Waals surface area (Å²) >= 11 is 0. The Balaban J connectivity index is 1.66. The number of hydrogen-bond donors (Lipinski definition) is 1. The molecule has 142 valence electrons. The molecule has 4 unspecified atom stereocenters. The Morgan fingerprint density at radius 1 is 1.15 bits per heavy atom. The summed E-state index contributed by atoms with van der Waals surface area (Å²) in [6.07, 6.45) is 0.00854. The number of alkyl halides is 3. The summed E-state index contributed by atoms with van der Waals surface area (Å²) in [5.74, 6) is -0.636. The molecule has 4 aliphatic carbocycles. The molecule has 1 N–H and O–H groups in total. The fourth-order valence-electron chi connectivity index (χ4n) is 6.07. The van der Waals surface area contributed by atoms with Crippen LogP contribution >= 0.6 is 0 Å². The molecule has 4 saturated carbocycles. The van der Waals surface area contributed by atoms with Crippen molar-refractivity contribution in [3.63, 3.8) is 0 Å². The Kier molecular flexibility index (Phi) is 4.29. The van der Waals surface area contributed by atoms with E-state index in [1.807, 2.05) is 30.3 Å². The number of amides is 1. The first-order chi connectivity index (χ1) is 12.3. The molecule has 0 aromatic heterocycles. The molecule has 5 rings (SSSR count). The molecule has 0 spiro atoms. The van der Waals surface area contributed by atoms with Gasteiger partial charge in [-0.3, -0.25) is 4.79 Å². The standard InChI is InChI=1S/C20H24F3NO2/c1-26-19-9-12-7-14(10-19)16(15(8-12)11-19)17(13-5-3-2-4-6-13)24-18(25)20(21,22)23/h2-6,12,14-17H,7-11H2,1H3,(H,24,25)/t12?,14-,15?,16?,17-,19?/m0/s1. The summed E-state index contributed by atoms with van der Waals surface area (Å²) in [6, 6.07) is 8.50. The van der Waals surface area contributed by atoms with Crippen molar-refractivity contribution in [2.24, 2.45) is 23.7 Å². The van der Waals surface area contributed by atoms with E-state index in [1.165, 1.54) is 0 Å². The monoisotopic (exact) mass is 367 g/mol. The lowest BCUT2D eigenvalue weighted by atomic mass is 9.48. The minimum absolute atomic E-state index is 0.0310. The number of hydrogen-bond acceptors (Lipinski definition) is 2. The molecule has 4 aliphatic rings. The minimum atomic E-state index is -4.87. The lowest BCUT2D eigenvalue weighted by molar-refractivity contribution is -0.184. The molecule has 4 fully saturated rings. The lowest BCUT2D eigenvalue weighted by Crippen LogP contribution is -2.58. The lowest BCUT2D eigenvalue weighted by Gasteiger charge is -2.60. The Labute approximate surface area is 151 Å². The van der Waals surface area contributed by atoms with E-state index in [1.54, 1.807) is 7.11 Å². The van der Waals surface area contributed by atoms with Gasteiger partial charge in [0.1, 0.15) is 0 Å². The summed E-state index contributed by atoms with van der Waals surface area (Å²) in [5, 5.41) is 2.33. The first kappa shape index (κ1) is 17.8. The molecular formula is C20H24F3NO2. The molecule has 26 heavy (non-hydrogen) atoms. The van der Waals surface area contributed by atoms with E-state index >= 15 is 0 Å². The van der Waals surface area contributed by atoms with Gasteiger partial charge in [0, 0.05) is 7.11 Å². The fourth-order valence-corrected chi connectivity index (χ4v) is 6.07. The van der Waals surface area contributed by atoms with Crippen LogP contribution in [0.25, 0.3) is 0 Å². The predicted molar refractivity (Wildman–Crippen MR) is 90.2 cm³/mol. The molecule has 1 amide bonds. The highest BCUT2D eigenvalue weighted by atomic mass is 19.4.